The van der Waals surface area contributed by atoms with Crippen molar-refractivity contribution < 1.29 is 63.9 Å². The number of aliphatic carboxylic acids is 1. The maximum atomic E-state index is 12.6. The number of rotatable bonds is 22. The summed E-state index contributed by atoms with van der Waals surface area (Å²) in [7, 11) is 0. The SMILES string of the molecule is CC(=O)NC1C(OCC(OC2OC(C)C(O)C(O)C2O)C(C)CCCNCCc2ccc(CN3CCCNCCNCCCNCC3)cc2)OC(CO)C(O)C1O[C@@H](CC1CCCCC1)C(=O)O. The van der Waals surface area contributed by atoms with Crippen molar-refractivity contribution in [2.75, 3.05) is 78.7 Å². The molecular weight excluding hydrogens is 881 g/mol. The molecule has 12 unspecified atom stereocenters. The third kappa shape index (κ3) is 18.6. The van der Waals surface area contributed by atoms with Crippen molar-refractivity contribution in [2.24, 2.45) is 11.8 Å². The summed E-state index contributed by atoms with van der Waals surface area (Å²) >= 11 is 0. The van der Waals surface area contributed by atoms with Gasteiger partial charge in [0.2, 0.25) is 5.91 Å². The van der Waals surface area contributed by atoms with Crippen molar-refractivity contribution in [3.8, 4) is 0 Å². The Morgan fingerprint density at radius 2 is 1.50 bits per heavy atom. The number of hydrogen-bond donors (Lipinski definition) is 11. The van der Waals surface area contributed by atoms with E-state index in [-0.39, 0.29) is 24.9 Å². The highest BCUT2D eigenvalue weighted by atomic mass is 16.7. The Morgan fingerprint density at radius 1 is 0.809 bits per heavy atom. The summed E-state index contributed by atoms with van der Waals surface area (Å²) in [4.78, 5) is 27.7. The second kappa shape index (κ2) is 30.4. The van der Waals surface area contributed by atoms with Gasteiger partial charge in [-0.15, -0.1) is 0 Å². The molecule has 1 aromatic rings. The van der Waals surface area contributed by atoms with Crippen LogP contribution in [0.2, 0.25) is 0 Å². The van der Waals surface area contributed by atoms with Gasteiger partial charge in [-0.05, 0) is 108 Å². The molecule has 68 heavy (non-hydrogen) atoms. The first kappa shape index (κ1) is 56.5. The molecule has 13 atom stereocenters. The standard InChI is InChI=1S/C49H86N6O13/c1-32(10-7-18-50-22-17-35-13-15-37(16-14-35)29-55-26-9-21-52-24-23-51-19-8-20-53-25-27-55)40(68-49-45(61)44(60)42(58)33(2)65-49)31-64-48-41(54-34(3)57)46(43(59)39(30-56)67-48)66-38(47(62)63)28-36-11-5-4-6-12-36/h13-16,32-33,36,38-46,48-53,56,58-61H,4-12,17-31H2,1-3H3,(H,54,57)(H,62,63)/t32?,33?,38-,39?,40?,41?,42?,43?,44?,45?,46?,48?,49?/m0/s1. The molecule has 11 N–H and O–H groups in total. The minimum Gasteiger partial charge on any atom is -0.479 e. The third-order valence-electron chi connectivity index (χ3n) is 13.9. The molecule has 4 aliphatic rings. The van der Waals surface area contributed by atoms with Gasteiger partial charge in [-0.3, -0.25) is 9.69 Å². The fourth-order valence-corrected chi connectivity index (χ4v) is 9.70. The van der Waals surface area contributed by atoms with Crippen LogP contribution in [-0.2, 0) is 46.2 Å². The molecule has 3 saturated heterocycles. The van der Waals surface area contributed by atoms with Crippen molar-refractivity contribution in [3.05, 3.63) is 35.4 Å². The molecule has 1 aromatic carbocycles. The van der Waals surface area contributed by atoms with Crippen molar-refractivity contribution in [1.82, 2.24) is 31.5 Å². The van der Waals surface area contributed by atoms with E-state index < -0.39 is 92.0 Å². The lowest BCUT2D eigenvalue weighted by Gasteiger charge is -2.45. The van der Waals surface area contributed by atoms with E-state index in [1.165, 1.54) is 18.1 Å². The Labute approximate surface area is 403 Å². The van der Waals surface area contributed by atoms with Crippen LogP contribution in [0.25, 0.3) is 0 Å². The smallest absolute Gasteiger partial charge is 0.332 e. The number of hydrogen-bond acceptors (Lipinski definition) is 17. The number of nitrogens with zero attached hydrogens (tertiary/aromatic N) is 1. The van der Waals surface area contributed by atoms with Gasteiger partial charge in [0.05, 0.1) is 25.4 Å². The highest BCUT2D eigenvalue weighted by Gasteiger charge is 2.49. The first-order chi connectivity index (χ1) is 32.8. The molecule has 0 bridgehead atoms. The maximum absolute atomic E-state index is 12.6. The predicted octanol–water partition coefficient (Wildman–Crippen LogP) is 0.221. The number of ether oxygens (including phenoxy) is 5. The first-order valence-corrected chi connectivity index (χ1v) is 25.5. The van der Waals surface area contributed by atoms with Crippen LogP contribution >= 0.6 is 0 Å². The van der Waals surface area contributed by atoms with Crippen LogP contribution in [0.15, 0.2) is 24.3 Å². The lowest BCUT2D eigenvalue weighted by atomic mass is 9.85. The van der Waals surface area contributed by atoms with E-state index in [2.05, 4.69) is 55.7 Å². The highest BCUT2D eigenvalue weighted by Crippen LogP contribution is 2.32. The Bertz CT molecular complexity index is 1550. The zero-order chi connectivity index (χ0) is 48.8. The third-order valence-corrected chi connectivity index (χ3v) is 13.9. The Balaban J connectivity index is 1.16. The normalized spacial score (nSPS) is 31.3. The summed E-state index contributed by atoms with van der Waals surface area (Å²) in [6.45, 7) is 14.5. The Hall–Kier alpha value is -2.44. The molecule has 3 heterocycles. The van der Waals surface area contributed by atoms with Gasteiger partial charge in [0.1, 0.15) is 42.7 Å². The lowest BCUT2D eigenvalue weighted by molar-refractivity contribution is -0.321. The largest absolute Gasteiger partial charge is 0.479 e. The molecule has 390 valence electrons. The number of aliphatic hydroxyl groups excluding tert-OH is 5. The number of carbonyl (C=O) groups is 2. The van der Waals surface area contributed by atoms with Gasteiger partial charge in [-0.1, -0.05) is 63.3 Å². The van der Waals surface area contributed by atoms with E-state index in [1.54, 1.807) is 6.92 Å². The van der Waals surface area contributed by atoms with Crippen LogP contribution in [0.3, 0.4) is 0 Å². The van der Waals surface area contributed by atoms with Gasteiger partial charge in [0, 0.05) is 39.6 Å². The van der Waals surface area contributed by atoms with Crippen LogP contribution in [-0.4, -0.2) is 200 Å². The van der Waals surface area contributed by atoms with E-state index in [1.807, 2.05) is 6.92 Å². The van der Waals surface area contributed by atoms with Gasteiger partial charge in [0.15, 0.2) is 18.7 Å². The number of carboxylic acids is 1. The Kier molecular flexibility index (Phi) is 25.3. The molecule has 0 radical (unpaired) electrons. The number of nitrogens with one attached hydrogen (secondary N) is 5. The monoisotopic (exact) mass is 967 g/mol. The zero-order valence-corrected chi connectivity index (χ0v) is 40.9. The van der Waals surface area contributed by atoms with Crippen LogP contribution in [0.5, 0.6) is 0 Å². The van der Waals surface area contributed by atoms with Crippen molar-refractivity contribution >= 4 is 11.9 Å². The quantitative estimate of drug-likeness (QED) is 0.0695. The molecule has 1 saturated carbocycles. The van der Waals surface area contributed by atoms with Gasteiger partial charge >= 0.3 is 5.97 Å². The minimum atomic E-state index is -1.57. The van der Waals surface area contributed by atoms with Crippen molar-refractivity contribution in [3.63, 3.8) is 0 Å². The summed E-state index contributed by atoms with van der Waals surface area (Å²) in [5.41, 5.74) is 2.56. The molecule has 19 heteroatoms. The average molecular weight is 967 g/mol. The average Bonchev–Trinajstić information content (AvgIpc) is 3.32. The summed E-state index contributed by atoms with van der Waals surface area (Å²) in [6, 6.07) is 7.71. The topological polar surface area (TPSA) is 265 Å². The van der Waals surface area contributed by atoms with E-state index >= 15 is 0 Å². The van der Waals surface area contributed by atoms with Gasteiger partial charge in [0.25, 0.3) is 0 Å². The van der Waals surface area contributed by atoms with Gasteiger partial charge in [-0.2, -0.15) is 0 Å². The second-order valence-electron chi connectivity index (χ2n) is 19.5. The van der Waals surface area contributed by atoms with Crippen molar-refractivity contribution in [2.45, 2.75) is 172 Å². The molecular formula is C49H86N6O13. The summed E-state index contributed by atoms with van der Waals surface area (Å²) in [6.07, 6.45) is -4.49. The highest BCUT2D eigenvalue weighted by molar-refractivity contribution is 5.73. The molecule has 5 rings (SSSR count). The fraction of sp³-hybridized carbons (Fsp3) is 0.837. The molecule has 1 aliphatic carbocycles. The van der Waals surface area contributed by atoms with Crippen LogP contribution < -0.4 is 26.6 Å². The Morgan fingerprint density at radius 3 is 2.19 bits per heavy atom. The van der Waals surface area contributed by atoms with Gasteiger partial charge in [-0.25, -0.2) is 4.79 Å². The predicted molar refractivity (Wildman–Crippen MR) is 255 cm³/mol. The van der Waals surface area contributed by atoms with Gasteiger partial charge < -0.3 is 80.9 Å². The number of aliphatic hydroxyl groups is 5. The van der Waals surface area contributed by atoms with Crippen LogP contribution in [0.4, 0.5) is 0 Å². The number of carboxylic acid groups (broad SMARTS) is 1. The maximum Gasteiger partial charge on any atom is 0.332 e. The van der Waals surface area contributed by atoms with E-state index in [0.717, 1.165) is 123 Å². The molecule has 3 aliphatic heterocycles. The first-order valence-electron chi connectivity index (χ1n) is 25.5. The van der Waals surface area contributed by atoms with E-state index in [0.29, 0.717) is 13.0 Å². The van der Waals surface area contributed by atoms with E-state index in [4.69, 9.17) is 23.7 Å². The minimum absolute atomic E-state index is 0.131. The summed E-state index contributed by atoms with van der Waals surface area (Å²) < 4.78 is 30.6. The molecule has 1 amide bonds. The number of amides is 1. The molecule has 0 spiro atoms. The molecule has 0 aromatic heterocycles. The zero-order valence-electron chi connectivity index (χ0n) is 40.9. The fourth-order valence-electron chi connectivity index (χ4n) is 9.70. The lowest BCUT2D eigenvalue weighted by Crippen LogP contribution is -2.66. The van der Waals surface area contributed by atoms with Crippen molar-refractivity contribution in [1.29, 1.82) is 0 Å². The summed E-state index contributed by atoms with van der Waals surface area (Å²) in [5, 5.41) is 80.6. The number of carbonyl (C=O) groups excluding carboxylic acids is 1. The van der Waals surface area contributed by atoms with E-state index in [9.17, 15) is 40.2 Å². The number of benzene rings is 1. The molecule has 19 nitrogen and oxygen atoms in total. The molecule has 4 fully saturated rings. The van der Waals surface area contributed by atoms with Crippen LogP contribution in [0.1, 0.15) is 96.1 Å². The van der Waals surface area contributed by atoms with Crippen LogP contribution in [0, 0.1) is 11.8 Å². The summed E-state index contributed by atoms with van der Waals surface area (Å²) in [5.74, 6) is -1.80. The second-order valence-corrected chi connectivity index (χ2v) is 19.5.